The van der Waals surface area contributed by atoms with Gasteiger partial charge in [-0.2, -0.15) is 4.98 Å². The van der Waals surface area contributed by atoms with E-state index < -0.39 is 0 Å². The molecule has 2 atom stereocenters. The van der Waals surface area contributed by atoms with Crippen molar-refractivity contribution in [2.75, 3.05) is 13.2 Å². The minimum atomic E-state index is -0.116. The highest BCUT2D eigenvalue weighted by molar-refractivity contribution is 4.94. The lowest BCUT2D eigenvalue weighted by molar-refractivity contribution is 0.0683. The fourth-order valence-corrected chi connectivity index (χ4v) is 1.95. The summed E-state index contributed by atoms with van der Waals surface area (Å²) < 4.78 is 10.8. The van der Waals surface area contributed by atoms with Gasteiger partial charge >= 0.3 is 0 Å². The average molecular weight is 269 g/mol. The SMILES string of the molecule is CCNC(Cc1nc(C(C)OCC)no1)C(C)(C)C. The summed E-state index contributed by atoms with van der Waals surface area (Å²) in [4.78, 5) is 4.42. The molecule has 1 N–H and O–H groups in total. The molecule has 0 aliphatic carbocycles. The first-order valence-electron chi connectivity index (χ1n) is 7.05. The lowest BCUT2D eigenvalue weighted by Crippen LogP contribution is -2.41. The van der Waals surface area contributed by atoms with Gasteiger partial charge in [-0.3, -0.25) is 0 Å². The summed E-state index contributed by atoms with van der Waals surface area (Å²) >= 11 is 0. The summed E-state index contributed by atoms with van der Waals surface area (Å²) in [6.45, 7) is 14.2. The van der Waals surface area contributed by atoms with Gasteiger partial charge < -0.3 is 14.6 Å². The quantitative estimate of drug-likeness (QED) is 0.824. The van der Waals surface area contributed by atoms with E-state index in [1.807, 2.05) is 13.8 Å². The Kier molecular flexibility index (Phi) is 5.94. The van der Waals surface area contributed by atoms with E-state index in [0.717, 1.165) is 13.0 Å². The molecular weight excluding hydrogens is 242 g/mol. The van der Waals surface area contributed by atoms with Crippen molar-refractivity contribution in [3.63, 3.8) is 0 Å². The van der Waals surface area contributed by atoms with Gasteiger partial charge in [0, 0.05) is 19.1 Å². The summed E-state index contributed by atoms with van der Waals surface area (Å²) in [5, 5.41) is 7.47. The molecule has 0 saturated carbocycles. The zero-order chi connectivity index (χ0) is 14.5. The van der Waals surface area contributed by atoms with E-state index in [-0.39, 0.29) is 11.5 Å². The van der Waals surface area contributed by atoms with Gasteiger partial charge in [0.1, 0.15) is 6.10 Å². The van der Waals surface area contributed by atoms with Gasteiger partial charge in [-0.05, 0) is 25.8 Å². The normalized spacial score (nSPS) is 15.5. The number of ether oxygens (including phenoxy) is 1. The Morgan fingerprint density at radius 3 is 2.53 bits per heavy atom. The van der Waals surface area contributed by atoms with E-state index >= 15 is 0 Å². The number of nitrogens with zero attached hydrogens (tertiary/aromatic N) is 2. The highest BCUT2D eigenvalue weighted by Crippen LogP contribution is 2.23. The molecule has 0 aliphatic rings. The molecule has 0 amide bonds. The molecule has 0 saturated heterocycles. The molecule has 110 valence electrons. The van der Waals surface area contributed by atoms with Gasteiger partial charge in [0.25, 0.3) is 0 Å². The van der Waals surface area contributed by atoms with Gasteiger partial charge in [0.15, 0.2) is 5.82 Å². The Bertz CT molecular complexity index is 371. The molecule has 2 unspecified atom stereocenters. The monoisotopic (exact) mass is 269 g/mol. The van der Waals surface area contributed by atoms with Crippen LogP contribution in [0.25, 0.3) is 0 Å². The number of nitrogens with one attached hydrogen (secondary N) is 1. The highest BCUT2D eigenvalue weighted by Gasteiger charge is 2.26. The Hall–Kier alpha value is -0.940. The van der Waals surface area contributed by atoms with E-state index in [1.165, 1.54) is 0 Å². The van der Waals surface area contributed by atoms with Crippen LogP contribution in [0.15, 0.2) is 4.52 Å². The smallest absolute Gasteiger partial charge is 0.228 e. The summed E-state index contributed by atoms with van der Waals surface area (Å²) in [6, 6.07) is 0.313. The third kappa shape index (κ3) is 4.91. The maximum atomic E-state index is 5.46. The second kappa shape index (κ2) is 7.01. The molecule has 1 heterocycles. The highest BCUT2D eigenvalue weighted by atomic mass is 16.5. The van der Waals surface area contributed by atoms with Crippen LogP contribution >= 0.6 is 0 Å². The molecule has 1 aromatic heterocycles. The molecule has 5 nitrogen and oxygen atoms in total. The minimum absolute atomic E-state index is 0.116. The van der Waals surface area contributed by atoms with E-state index in [2.05, 4.69) is 43.2 Å². The van der Waals surface area contributed by atoms with Crippen LogP contribution in [0.5, 0.6) is 0 Å². The van der Waals surface area contributed by atoms with Crippen molar-refractivity contribution in [2.24, 2.45) is 5.41 Å². The number of aromatic nitrogens is 2. The van der Waals surface area contributed by atoms with Crippen LogP contribution in [0.4, 0.5) is 0 Å². The number of hydrogen-bond acceptors (Lipinski definition) is 5. The van der Waals surface area contributed by atoms with Gasteiger partial charge in [0.05, 0.1) is 0 Å². The Morgan fingerprint density at radius 1 is 1.32 bits per heavy atom. The molecule has 0 radical (unpaired) electrons. The maximum Gasteiger partial charge on any atom is 0.228 e. The maximum absolute atomic E-state index is 5.46. The van der Waals surface area contributed by atoms with Crippen LogP contribution < -0.4 is 5.32 Å². The largest absolute Gasteiger partial charge is 0.371 e. The van der Waals surface area contributed by atoms with Crippen LogP contribution in [0.2, 0.25) is 0 Å². The first kappa shape index (κ1) is 16.1. The molecule has 0 aromatic carbocycles. The Labute approximate surface area is 116 Å². The standard InChI is InChI=1S/C14H27N3O2/c1-7-15-11(14(4,5)6)9-12-16-13(17-19-12)10(3)18-8-2/h10-11,15H,7-9H2,1-6H3. The first-order valence-corrected chi connectivity index (χ1v) is 7.05. The van der Waals surface area contributed by atoms with Crippen molar-refractivity contribution in [3.8, 4) is 0 Å². The molecule has 0 bridgehead atoms. The van der Waals surface area contributed by atoms with Crippen LogP contribution in [0, 0.1) is 5.41 Å². The summed E-state index contributed by atoms with van der Waals surface area (Å²) in [7, 11) is 0. The third-order valence-corrected chi connectivity index (χ3v) is 3.14. The second-order valence-electron chi connectivity index (χ2n) is 5.82. The summed E-state index contributed by atoms with van der Waals surface area (Å²) in [6.07, 6.45) is 0.623. The molecule has 1 rings (SSSR count). The third-order valence-electron chi connectivity index (χ3n) is 3.14. The lowest BCUT2D eigenvalue weighted by Gasteiger charge is -2.30. The van der Waals surface area contributed by atoms with Crippen LogP contribution in [0.1, 0.15) is 59.4 Å². The lowest BCUT2D eigenvalue weighted by atomic mass is 9.84. The van der Waals surface area contributed by atoms with Crippen molar-refractivity contribution in [1.82, 2.24) is 15.5 Å². The number of rotatable bonds is 7. The van der Waals surface area contributed by atoms with E-state index in [1.54, 1.807) is 0 Å². The molecular formula is C14H27N3O2. The van der Waals surface area contributed by atoms with Gasteiger partial charge in [-0.1, -0.05) is 32.9 Å². The predicted octanol–water partition coefficient (Wildman–Crippen LogP) is 2.73. The molecule has 5 heteroatoms. The number of hydrogen-bond donors (Lipinski definition) is 1. The van der Waals surface area contributed by atoms with Crippen molar-refractivity contribution in [2.45, 2.75) is 60.1 Å². The summed E-state index contributed by atoms with van der Waals surface area (Å²) in [5.41, 5.74) is 0.149. The van der Waals surface area contributed by atoms with Crippen molar-refractivity contribution < 1.29 is 9.26 Å². The van der Waals surface area contributed by atoms with Crippen LogP contribution in [-0.4, -0.2) is 29.3 Å². The minimum Gasteiger partial charge on any atom is -0.371 e. The topological polar surface area (TPSA) is 60.2 Å². The van der Waals surface area contributed by atoms with Crippen LogP contribution in [0.3, 0.4) is 0 Å². The molecule has 0 spiro atoms. The van der Waals surface area contributed by atoms with Crippen LogP contribution in [-0.2, 0) is 11.2 Å². The van der Waals surface area contributed by atoms with Crippen molar-refractivity contribution in [3.05, 3.63) is 11.7 Å². The molecule has 0 aliphatic heterocycles. The van der Waals surface area contributed by atoms with E-state index in [4.69, 9.17) is 9.26 Å². The Balaban J connectivity index is 2.70. The second-order valence-corrected chi connectivity index (χ2v) is 5.82. The molecule has 1 aromatic rings. The van der Waals surface area contributed by atoms with Crippen molar-refractivity contribution >= 4 is 0 Å². The summed E-state index contributed by atoms with van der Waals surface area (Å²) in [5.74, 6) is 1.29. The fourth-order valence-electron chi connectivity index (χ4n) is 1.95. The molecule has 0 fully saturated rings. The van der Waals surface area contributed by atoms with E-state index in [0.29, 0.717) is 24.4 Å². The average Bonchev–Trinajstić information content (AvgIpc) is 2.76. The molecule has 19 heavy (non-hydrogen) atoms. The van der Waals surface area contributed by atoms with Gasteiger partial charge in [-0.15, -0.1) is 0 Å². The van der Waals surface area contributed by atoms with Crippen molar-refractivity contribution in [1.29, 1.82) is 0 Å². The zero-order valence-electron chi connectivity index (χ0n) is 13.0. The fraction of sp³-hybridized carbons (Fsp3) is 0.857. The predicted molar refractivity (Wildman–Crippen MR) is 75.0 cm³/mol. The number of likely N-dealkylation sites (N-methyl/N-ethyl adjacent to an activating group) is 1. The Morgan fingerprint density at radius 2 is 2.00 bits per heavy atom. The first-order chi connectivity index (χ1) is 8.88. The van der Waals surface area contributed by atoms with Gasteiger partial charge in [0.2, 0.25) is 5.89 Å². The van der Waals surface area contributed by atoms with E-state index in [9.17, 15) is 0 Å². The van der Waals surface area contributed by atoms with Gasteiger partial charge in [-0.25, -0.2) is 0 Å². The zero-order valence-corrected chi connectivity index (χ0v) is 13.0.